The van der Waals surface area contributed by atoms with E-state index in [2.05, 4.69) is 34.7 Å². The molecule has 0 bridgehead atoms. The Hall–Kier alpha value is -2.60. The SMILES string of the molecule is CC.CC.CCCCC(C)NC(=O)C1CCN(C(C)=O)C1.CNC(=O)C#CC1CC1.CNC(=O)C(C)(C)CO. The summed E-state index contributed by atoms with van der Waals surface area (Å²) in [6.45, 7) is 18.3. The second-order valence-corrected chi connectivity index (χ2v) is 9.75. The van der Waals surface area contributed by atoms with Gasteiger partial charge in [0.05, 0.1) is 17.9 Å². The van der Waals surface area contributed by atoms with Crippen LogP contribution in [0.1, 0.15) is 101 Å². The highest BCUT2D eigenvalue weighted by atomic mass is 16.3. The van der Waals surface area contributed by atoms with E-state index < -0.39 is 5.41 Å². The molecular weight excluding hydrogens is 496 g/mol. The molecule has 9 heteroatoms. The summed E-state index contributed by atoms with van der Waals surface area (Å²) in [5, 5.41) is 16.6. The normalized spacial score (nSPS) is 15.8. The van der Waals surface area contributed by atoms with Crippen molar-refractivity contribution in [2.24, 2.45) is 17.3 Å². The van der Waals surface area contributed by atoms with Crippen molar-refractivity contribution in [3.63, 3.8) is 0 Å². The third-order valence-electron chi connectivity index (χ3n) is 5.81. The second kappa shape index (κ2) is 24.4. The third kappa shape index (κ3) is 21.0. The van der Waals surface area contributed by atoms with Crippen molar-refractivity contribution in [2.75, 3.05) is 33.8 Å². The smallest absolute Gasteiger partial charge is 0.295 e. The molecule has 0 aromatic heterocycles. The molecule has 1 aliphatic carbocycles. The predicted octanol–water partition coefficient (Wildman–Crippen LogP) is 3.50. The molecule has 0 aromatic carbocycles. The first-order valence-corrected chi connectivity index (χ1v) is 14.5. The Morgan fingerprint density at radius 1 is 1.03 bits per heavy atom. The lowest BCUT2D eigenvalue weighted by molar-refractivity contribution is -0.131. The van der Waals surface area contributed by atoms with Crippen molar-refractivity contribution in [1.29, 1.82) is 0 Å². The van der Waals surface area contributed by atoms with E-state index in [0.717, 1.165) is 32.2 Å². The predicted molar refractivity (Wildman–Crippen MR) is 160 cm³/mol. The molecular formula is C30H58N4O5. The second-order valence-electron chi connectivity index (χ2n) is 9.75. The van der Waals surface area contributed by atoms with E-state index in [9.17, 15) is 19.2 Å². The first-order chi connectivity index (χ1) is 18.4. The van der Waals surface area contributed by atoms with Crippen molar-refractivity contribution in [3.8, 4) is 11.8 Å². The molecule has 2 rings (SSSR count). The summed E-state index contributed by atoms with van der Waals surface area (Å²) >= 11 is 0. The van der Waals surface area contributed by atoms with Crippen LogP contribution in [0.5, 0.6) is 0 Å². The van der Waals surface area contributed by atoms with Crippen LogP contribution in [-0.2, 0) is 19.2 Å². The van der Waals surface area contributed by atoms with Gasteiger partial charge in [0.25, 0.3) is 5.91 Å². The number of hydrogen-bond donors (Lipinski definition) is 4. The minimum Gasteiger partial charge on any atom is -0.395 e. The van der Waals surface area contributed by atoms with Gasteiger partial charge in [-0.05, 0) is 52.4 Å². The fraction of sp³-hybridized carbons (Fsp3) is 0.800. The number of rotatable bonds is 7. The lowest BCUT2D eigenvalue weighted by Gasteiger charge is -2.18. The van der Waals surface area contributed by atoms with Crippen LogP contribution in [0.2, 0.25) is 0 Å². The largest absolute Gasteiger partial charge is 0.395 e. The van der Waals surface area contributed by atoms with Gasteiger partial charge >= 0.3 is 0 Å². The fourth-order valence-electron chi connectivity index (χ4n) is 3.07. The number of likely N-dealkylation sites (tertiary alicyclic amines) is 1. The number of nitrogens with zero attached hydrogens (tertiary/aromatic N) is 1. The summed E-state index contributed by atoms with van der Waals surface area (Å²) in [6.07, 6.45) is 6.47. The maximum absolute atomic E-state index is 11.9. The number of carbonyl (C=O) groups excluding carboxylic acids is 4. The van der Waals surface area contributed by atoms with Gasteiger partial charge in [0.2, 0.25) is 17.7 Å². The summed E-state index contributed by atoms with van der Waals surface area (Å²) in [7, 11) is 3.14. The highest BCUT2D eigenvalue weighted by Crippen LogP contribution is 2.27. The van der Waals surface area contributed by atoms with Crippen molar-refractivity contribution in [2.45, 2.75) is 107 Å². The van der Waals surface area contributed by atoms with E-state index in [4.69, 9.17) is 5.11 Å². The zero-order valence-corrected chi connectivity index (χ0v) is 26.6. The van der Waals surface area contributed by atoms with Crippen molar-refractivity contribution in [3.05, 3.63) is 0 Å². The zero-order chi connectivity index (χ0) is 31.0. The van der Waals surface area contributed by atoms with Crippen LogP contribution in [0.15, 0.2) is 0 Å². The molecule has 1 saturated heterocycles. The van der Waals surface area contributed by atoms with Crippen LogP contribution < -0.4 is 16.0 Å². The van der Waals surface area contributed by atoms with Gasteiger partial charge in [-0.2, -0.15) is 0 Å². The average Bonchev–Trinajstić information content (AvgIpc) is 3.64. The molecule has 2 fully saturated rings. The first kappa shape index (κ1) is 40.9. The van der Waals surface area contributed by atoms with Crippen molar-refractivity contribution < 1.29 is 24.3 Å². The van der Waals surface area contributed by atoms with Crippen LogP contribution in [0, 0.1) is 29.1 Å². The Balaban J connectivity index is -0.000000502. The van der Waals surface area contributed by atoms with Crippen LogP contribution in [-0.4, -0.2) is 73.5 Å². The van der Waals surface area contributed by atoms with E-state index in [1.165, 1.54) is 12.8 Å². The van der Waals surface area contributed by atoms with Crippen molar-refractivity contribution >= 4 is 23.6 Å². The van der Waals surface area contributed by atoms with E-state index in [1.807, 2.05) is 34.6 Å². The molecule has 2 aliphatic rings. The molecule has 0 spiro atoms. The molecule has 0 aromatic rings. The molecule has 39 heavy (non-hydrogen) atoms. The summed E-state index contributed by atoms with van der Waals surface area (Å²) in [5.74, 6) is 5.71. The molecule has 4 amide bonds. The summed E-state index contributed by atoms with van der Waals surface area (Å²) in [6, 6.07) is 0.244. The number of unbranched alkanes of at least 4 members (excludes halogenated alkanes) is 1. The molecule has 0 radical (unpaired) electrons. The molecule has 1 aliphatic heterocycles. The minimum atomic E-state index is -0.644. The van der Waals surface area contributed by atoms with Crippen LogP contribution in [0.4, 0.5) is 0 Å². The van der Waals surface area contributed by atoms with Gasteiger partial charge in [0.1, 0.15) is 0 Å². The van der Waals surface area contributed by atoms with E-state index in [0.29, 0.717) is 12.5 Å². The standard InChI is InChI=1S/C13H24N2O2.C7H9NO.C6H13NO2.2C2H6/c1-4-5-6-10(2)14-13(17)12-7-8-15(9-12)11(3)16;1-8-7(9)5-4-6-2-3-6;1-6(2,4-8)5(9)7-3;2*1-2/h10,12H,4-9H2,1-3H3,(H,14,17);6H,2-3H2,1H3,(H,8,9);8H,4H2,1-3H3,(H,7,9);2*1-2H3. The monoisotopic (exact) mass is 554 g/mol. The molecule has 2 unspecified atom stereocenters. The van der Waals surface area contributed by atoms with Crippen LogP contribution in [0.3, 0.4) is 0 Å². The highest BCUT2D eigenvalue weighted by molar-refractivity contribution is 5.93. The number of hydrogen-bond acceptors (Lipinski definition) is 5. The average molecular weight is 555 g/mol. The quantitative estimate of drug-likeness (QED) is 0.358. The molecule has 9 nitrogen and oxygen atoms in total. The Kier molecular flexibility index (Phi) is 25.6. The topological polar surface area (TPSA) is 128 Å². The number of aliphatic hydroxyl groups excluding tert-OH is 1. The first-order valence-electron chi connectivity index (χ1n) is 14.5. The van der Waals surface area contributed by atoms with E-state index in [-0.39, 0.29) is 42.2 Å². The number of amides is 4. The Morgan fingerprint density at radius 2 is 1.59 bits per heavy atom. The Labute approximate surface area is 238 Å². The minimum absolute atomic E-state index is 0.0111. The lowest BCUT2D eigenvalue weighted by Crippen LogP contribution is -2.38. The fourth-order valence-corrected chi connectivity index (χ4v) is 3.07. The molecule has 1 saturated carbocycles. The highest BCUT2D eigenvalue weighted by Gasteiger charge is 2.30. The van der Waals surface area contributed by atoms with Crippen LogP contribution in [0.25, 0.3) is 0 Å². The van der Waals surface area contributed by atoms with E-state index in [1.54, 1.807) is 39.8 Å². The maximum Gasteiger partial charge on any atom is 0.295 e. The van der Waals surface area contributed by atoms with Gasteiger partial charge < -0.3 is 26.0 Å². The van der Waals surface area contributed by atoms with Gasteiger partial charge in [0.15, 0.2) is 0 Å². The van der Waals surface area contributed by atoms with Crippen molar-refractivity contribution in [1.82, 2.24) is 20.9 Å². The Morgan fingerprint density at radius 3 is 1.95 bits per heavy atom. The number of aliphatic hydroxyl groups is 1. The van der Waals surface area contributed by atoms with Gasteiger partial charge in [-0.3, -0.25) is 19.2 Å². The van der Waals surface area contributed by atoms with Crippen LogP contribution >= 0.6 is 0 Å². The molecule has 2 atom stereocenters. The van der Waals surface area contributed by atoms with E-state index >= 15 is 0 Å². The summed E-state index contributed by atoms with van der Waals surface area (Å²) in [4.78, 5) is 46.1. The van der Waals surface area contributed by atoms with Gasteiger partial charge in [-0.1, -0.05) is 53.4 Å². The number of nitrogens with one attached hydrogen (secondary N) is 3. The summed E-state index contributed by atoms with van der Waals surface area (Å²) in [5.41, 5.74) is -0.644. The van der Waals surface area contributed by atoms with Gasteiger partial charge in [-0.25, -0.2) is 0 Å². The van der Waals surface area contributed by atoms with Gasteiger partial charge in [-0.15, -0.1) is 0 Å². The Bertz CT molecular complexity index is 754. The third-order valence-corrected chi connectivity index (χ3v) is 5.81. The lowest BCUT2D eigenvalue weighted by atomic mass is 9.94. The zero-order valence-electron chi connectivity index (χ0n) is 26.6. The molecule has 4 N–H and O–H groups in total. The summed E-state index contributed by atoms with van der Waals surface area (Å²) < 4.78 is 0. The maximum atomic E-state index is 11.9. The molecule has 228 valence electrons. The molecule has 1 heterocycles. The van der Waals surface area contributed by atoms with Gasteiger partial charge in [0, 0.05) is 46.1 Å². The number of carbonyl (C=O) groups is 4.